The van der Waals surface area contributed by atoms with Gasteiger partial charge in [-0.25, -0.2) is 4.79 Å². The van der Waals surface area contributed by atoms with Crippen molar-refractivity contribution in [3.05, 3.63) is 63.1 Å². The highest BCUT2D eigenvalue weighted by molar-refractivity contribution is 6.42. The van der Waals surface area contributed by atoms with Gasteiger partial charge in [0.15, 0.2) is 0 Å². The number of rotatable bonds is 5. The Morgan fingerprint density at radius 3 is 2.29 bits per heavy atom. The highest BCUT2D eigenvalue weighted by Crippen LogP contribution is 2.34. The molecule has 1 fully saturated rings. The van der Waals surface area contributed by atoms with Crippen LogP contribution in [0.25, 0.3) is 0 Å². The first kappa shape index (κ1) is 20.5. The van der Waals surface area contributed by atoms with Crippen molar-refractivity contribution in [1.82, 2.24) is 10.2 Å². The molecule has 4 amide bonds. The van der Waals surface area contributed by atoms with Crippen LogP contribution in [-0.2, 0) is 15.1 Å². The van der Waals surface area contributed by atoms with E-state index in [1.807, 2.05) is 6.07 Å². The summed E-state index contributed by atoms with van der Waals surface area (Å²) < 4.78 is 0. The fourth-order valence-electron chi connectivity index (χ4n) is 3.12. The van der Waals surface area contributed by atoms with Crippen molar-refractivity contribution >= 4 is 58.3 Å². The maximum absolute atomic E-state index is 13.0. The van der Waals surface area contributed by atoms with Gasteiger partial charge in [0.25, 0.3) is 5.91 Å². The zero-order valence-corrected chi connectivity index (χ0v) is 17.0. The molecule has 0 bridgehead atoms. The summed E-state index contributed by atoms with van der Waals surface area (Å²) in [5.41, 5.74) is -0.383. The predicted octanol–water partition coefficient (Wildman–Crippen LogP) is 4.44. The van der Waals surface area contributed by atoms with Crippen LogP contribution >= 0.6 is 34.8 Å². The van der Waals surface area contributed by atoms with Gasteiger partial charge in [0.1, 0.15) is 12.1 Å². The number of imide groups is 1. The topological polar surface area (TPSA) is 78.5 Å². The first-order chi connectivity index (χ1) is 13.3. The molecule has 0 spiro atoms. The van der Waals surface area contributed by atoms with Gasteiger partial charge in [-0.05, 0) is 24.1 Å². The number of hydrogen-bond acceptors (Lipinski definition) is 3. The van der Waals surface area contributed by atoms with Gasteiger partial charge in [0, 0.05) is 5.02 Å². The van der Waals surface area contributed by atoms with E-state index in [4.69, 9.17) is 34.8 Å². The molecular weight excluding hydrogens is 425 g/mol. The van der Waals surface area contributed by atoms with Crippen LogP contribution in [0.1, 0.15) is 18.9 Å². The van der Waals surface area contributed by atoms with Gasteiger partial charge in [-0.15, -0.1) is 0 Å². The smallest absolute Gasteiger partial charge is 0.322 e. The predicted molar refractivity (Wildman–Crippen MR) is 109 cm³/mol. The summed E-state index contributed by atoms with van der Waals surface area (Å²) >= 11 is 18.0. The van der Waals surface area contributed by atoms with E-state index < -0.39 is 29.9 Å². The van der Waals surface area contributed by atoms with Crippen LogP contribution in [0.3, 0.4) is 0 Å². The maximum atomic E-state index is 13.0. The highest BCUT2D eigenvalue weighted by atomic mass is 35.5. The highest BCUT2D eigenvalue weighted by Gasteiger charge is 2.51. The van der Waals surface area contributed by atoms with Crippen molar-refractivity contribution in [2.75, 3.05) is 11.9 Å². The van der Waals surface area contributed by atoms with Crippen LogP contribution in [0.15, 0.2) is 42.5 Å². The number of benzene rings is 2. The fraction of sp³-hybridized carbons (Fsp3) is 0.211. The van der Waals surface area contributed by atoms with E-state index in [0.717, 1.165) is 4.90 Å². The van der Waals surface area contributed by atoms with E-state index in [0.29, 0.717) is 17.0 Å². The minimum absolute atomic E-state index is 0.148. The summed E-state index contributed by atoms with van der Waals surface area (Å²) in [6.07, 6.45) is 0.342. The first-order valence-corrected chi connectivity index (χ1v) is 9.56. The minimum atomic E-state index is -1.20. The number of nitrogens with one attached hydrogen (secondary N) is 2. The molecule has 28 heavy (non-hydrogen) atoms. The Morgan fingerprint density at radius 2 is 1.71 bits per heavy atom. The van der Waals surface area contributed by atoms with Crippen LogP contribution in [0.4, 0.5) is 10.5 Å². The van der Waals surface area contributed by atoms with Crippen molar-refractivity contribution in [1.29, 1.82) is 0 Å². The number of anilines is 1. The van der Waals surface area contributed by atoms with Gasteiger partial charge >= 0.3 is 6.03 Å². The van der Waals surface area contributed by atoms with Crippen molar-refractivity contribution in [2.24, 2.45) is 0 Å². The molecule has 0 radical (unpaired) electrons. The lowest BCUT2D eigenvalue weighted by molar-refractivity contribution is -0.134. The minimum Gasteiger partial charge on any atom is -0.322 e. The molecule has 2 aromatic carbocycles. The third kappa shape index (κ3) is 3.68. The maximum Gasteiger partial charge on any atom is 0.325 e. The molecule has 0 saturated carbocycles. The third-order valence-corrected chi connectivity index (χ3v) is 5.36. The van der Waals surface area contributed by atoms with Crippen LogP contribution in [0.2, 0.25) is 15.1 Å². The lowest BCUT2D eigenvalue weighted by atomic mass is 9.87. The lowest BCUT2D eigenvalue weighted by Crippen LogP contribution is -2.44. The van der Waals surface area contributed by atoms with Crippen molar-refractivity contribution in [3.63, 3.8) is 0 Å². The van der Waals surface area contributed by atoms with E-state index in [1.54, 1.807) is 31.2 Å². The second-order valence-electron chi connectivity index (χ2n) is 6.24. The normalized spacial score (nSPS) is 18.9. The number of hydrogen-bond donors (Lipinski definition) is 2. The lowest BCUT2D eigenvalue weighted by Gasteiger charge is -2.25. The molecule has 2 N–H and O–H groups in total. The number of urea groups is 1. The number of halogens is 3. The zero-order chi connectivity index (χ0) is 20.5. The molecule has 1 aliphatic heterocycles. The van der Waals surface area contributed by atoms with E-state index >= 15 is 0 Å². The van der Waals surface area contributed by atoms with E-state index in [1.165, 1.54) is 12.1 Å². The molecule has 0 aliphatic carbocycles. The Labute approximate surface area is 176 Å². The van der Waals surface area contributed by atoms with Crippen molar-refractivity contribution < 1.29 is 14.4 Å². The van der Waals surface area contributed by atoms with Crippen LogP contribution < -0.4 is 10.6 Å². The van der Waals surface area contributed by atoms with Crippen LogP contribution in [-0.4, -0.2) is 29.3 Å². The zero-order valence-electron chi connectivity index (χ0n) is 14.8. The largest absolute Gasteiger partial charge is 0.325 e. The second-order valence-corrected chi connectivity index (χ2v) is 7.49. The number of carbonyl (C=O) groups is 3. The molecule has 9 heteroatoms. The van der Waals surface area contributed by atoms with Gasteiger partial charge in [-0.2, -0.15) is 0 Å². The molecule has 6 nitrogen and oxygen atoms in total. The molecule has 2 aromatic rings. The van der Waals surface area contributed by atoms with E-state index in [2.05, 4.69) is 10.6 Å². The Kier molecular flexibility index (Phi) is 5.84. The van der Waals surface area contributed by atoms with Gasteiger partial charge < -0.3 is 10.6 Å². The molecule has 1 aliphatic rings. The first-order valence-electron chi connectivity index (χ1n) is 8.42. The van der Waals surface area contributed by atoms with Crippen molar-refractivity contribution in [3.8, 4) is 0 Å². The summed E-state index contributed by atoms with van der Waals surface area (Å²) in [4.78, 5) is 38.8. The summed E-state index contributed by atoms with van der Waals surface area (Å²) in [5.74, 6) is -1.11. The van der Waals surface area contributed by atoms with Crippen molar-refractivity contribution in [2.45, 2.75) is 18.9 Å². The summed E-state index contributed by atoms with van der Waals surface area (Å²) in [7, 11) is 0. The average Bonchev–Trinajstić information content (AvgIpc) is 2.90. The fourth-order valence-corrected chi connectivity index (χ4v) is 4.03. The molecule has 3 rings (SSSR count). The molecular formula is C19H16Cl3N3O3. The van der Waals surface area contributed by atoms with Gasteiger partial charge in [-0.3, -0.25) is 14.5 Å². The van der Waals surface area contributed by atoms with Gasteiger partial charge in [0.2, 0.25) is 5.91 Å². The van der Waals surface area contributed by atoms with Crippen LogP contribution in [0.5, 0.6) is 0 Å². The second kappa shape index (κ2) is 7.99. The number of carbonyl (C=O) groups excluding carboxylic acids is 3. The quantitative estimate of drug-likeness (QED) is 0.675. The summed E-state index contributed by atoms with van der Waals surface area (Å²) in [5, 5.41) is 5.86. The Balaban J connectivity index is 1.80. The number of amides is 4. The summed E-state index contributed by atoms with van der Waals surface area (Å²) in [6, 6.07) is 11.1. The summed E-state index contributed by atoms with van der Waals surface area (Å²) in [6.45, 7) is 1.32. The Morgan fingerprint density at radius 1 is 1.11 bits per heavy atom. The SMILES string of the molecule is CC[C@]1(c2ccccc2)NC(=O)N(CC(=O)Nc2c(Cl)cc(Cl)cc2Cl)C1=O. The van der Waals surface area contributed by atoms with Gasteiger partial charge in [-0.1, -0.05) is 72.1 Å². The number of nitrogens with zero attached hydrogens (tertiary/aromatic N) is 1. The molecule has 146 valence electrons. The average molecular weight is 441 g/mol. The third-order valence-electron chi connectivity index (χ3n) is 4.55. The standard InChI is InChI=1S/C19H16Cl3N3O3/c1-2-19(11-6-4-3-5-7-11)17(27)25(18(28)24-19)10-15(26)23-16-13(21)8-12(20)9-14(16)22/h3-9H,2,10H2,1H3,(H,23,26)(H,24,28)/t19-/m1/s1. The van der Waals surface area contributed by atoms with Crippen LogP contribution in [0, 0.1) is 0 Å². The monoisotopic (exact) mass is 439 g/mol. The molecule has 1 saturated heterocycles. The van der Waals surface area contributed by atoms with Gasteiger partial charge in [0.05, 0.1) is 15.7 Å². The van der Waals surface area contributed by atoms with E-state index in [9.17, 15) is 14.4 Å². The Bertz CT molecular complexity index is 929. The Hall–Kier alpha value is -2.28. The molecule has 0 unspecified atom stereocenters. The van der Waals surface area contributed by atoms with E-state index in [-0.39, 0.29) is 15.7 Å². The molecule has 1 heterocycles. The molecule has 0 aromatic heterocycles. The molecule has 1 atom stereocenters.